The maximum absolute atomic E-state index is 12.8. The molecule has 0 fully saturated rings. The van der Waals surface area contributed by atoms with Crippen LogP contribution in [0.25, 0.3) is 0 Å². The van der Waals surface area contributed by atoms with E-state index in [1.165, 1.54) is 30.7 Å². The van der Waals surface area contributed by atoms with Crippen LogP contribution in [-0.2, 0) is 0 Å². The maximum atomic E-state index is 12.8. The zero-order chi connectivity index (χ0) is 12.0. The Balaban J connectivity index is 0.000000606. The van der Waals surface area contributed by atoms with E-state index in [9.17, 15) is 9.18 Å². The predicted molar refractivity (Wildman–Crippen MR) is 59.8 cm³/mol. The molecule has 0 unspecified atom stereocenters. The molecule has 1 N–H and O–H groups in total. The molecule has 0 amide bonds. The van der Waals surface area contributed by atoms with Crippen LogP contribution in [0.5, 0.6) is 0 Å². The number of rotatable bonds is 2. The van der Waals surface area contributed by atoms with Crippen LogP contribution in [0, 0.1) is 5.82 Å². The first-order chi connectivity index (χ1) is 7.77. The number of carbonyl (C=O) groups excluding carboxylic acids is 1. The molecule has 1 heterocycles. The highest BCUT2D eigenvalue weighted by molar-refractivity contribution is 6.07. The summed E-state index contributed by atoms with van der Waals surface area (Å²) in [5.41, 5.74) is 0.671. The van der Waals surface area contributed by atoms with E-state index in [4.69, 9.17) is 0 Å². The normalized spacial score (nSPS) is 9.19. The number of H-pyrrole nitrogens is 1. The number of aromatic nitrogens is 2. The second-order valence-electron chi connectivity index (χ2n) is 2.80. The second kappa shape index (κ2) is 5.80. The number of aromatic amines is 1. The molecule has 16 heavy (non-hydrogen) atoms. The highest BCUT2D eigenvalue weighted by Gasteiger charge is 2.10. The second-order valence-corrected chi connectivity index (χ2v) is 2.80. The van der Waals surface area contributed by atoms with Gasteiger partial charge in [-0.05, 0) is 12.1 Å². The fourth-order valence-electron chi connectivity index (χ4n) is 1.17. The van der Waals surface area contributed by atoms with Crippen molar-refractivity contribution >= 4 is 5.78 Å². The molecular formula is C12H13FN2O. The molecule has 2 rings (SSSR count). The third kappa shape index (κ3) is 2.76. The van der Waals surface area contributed by atoms with Crippen LogP contribution in [0.4, 0.5) is 4.39 Å². The average Bonchev–Trinajstić information content (AvgIpc) is 2.84. The summed E-state index contributed by atoms with van der Waals surface area (Å²) in [6.07, 6.45) is 2.82. The Hall–Kier alpha value is -1.97. The maximum Gasteiger partial charge on any atom is 0.210 e. The minimum atomic E-state index is -0.421. The summed E-state index contributed by atoms with van der Waals surface area (Å²) in [5, 5.41) is 0. The fraction of sp³-hybridized carbons (Fsp3) is 0.167. The molecule has 0 radical (unpaired) electrons. The molecule has 0 bridgehead atoms. The lowest BCUT2D eigenvalue weighted by Gasteiger charge is -1.97. The van der Waals surface area contributed by atoms with E-state index in [1.54, 1.807) is 6.07 Å². The van der Waals surface area contributed by atoms with Crippen molar-refractivity contribution in [1.29, 1.82) is 0 Å². The molecule has 0 saturated heterocycles. The van der Waals surface area contributed by atoms with Gasteiger partial charge in [0.05, 0.1) is 12.5 Å². The van der Waals surface area contributed by atoms with Crippen molar-refractivity contribution in [2.75, 3.05) is 0 Å². The van der Waals surface area contributed by atoms with Gasteiger partial charge in [0.1, 0.15) is 11.5 Å². The number of hydrogen-bond acceptors (Lipinski definition) is 2. The predicted octanol–water partition coefficient (Wildman–Crippen LogP) is 2.81. The Morgan fingerprint density at radius 1 is 1.38 bits per heavy atom. The molecule has 3 nitrogen and oxygen atoms in total. The SMILES string of the molecule is CC.O=C(c1cccc(F)c1)c1cnc[nH]1. The first-order valence-corrected chi connectivity index (χ1v) is 5.06. The Bertz CT molecular complexity index is 452. The Morgan fingerprint density at radius 2 is 2.12 bits per heavy atom. The van der Waals surface area contributed by atoms with Gasteiger partial charge in [-0.25, -0.2) is 9.37 Å². The van der Waals surface area contributed by atoms with E-state index in [0.717, 1.165) is 0 Å². The largest absolute Gasteiger partial charge is 0.342 e. The number of hydrogen-bond donors (Lipinski definition) is 1. The molecular weight excluding hydrogens is 207 g/mol. The van der Waals surface area contributed by atoms with E-state index < -0.39 is 5.82 Å². The van der Waals surface area contributed by atoms with Gasteiger partial charge in [-0.3, -0.25) is 4.79 Å². The van der Waals surface area contributed by atoms with Gasteiger partial charge in [-0.2, -0.15) is 0 Å². The van der Waals surface area contributed by atoms with Crippen LogP contribution in [0.2, 0.25) is 0 Å². The summed E-state index contributed by atoms with van der Waals surface area (Å²) in [5.74, 6) is -0.683. The topological polar surface area (TPSA) is 45.8 Å². The first-order valence-electron chi connectivity index (χ1n) is 5.06. The lowest BCUT2D eigenvalue weighted by Crippen LogP contribution is -2.01. The van der Waals surface area contributed by atoms with E-state index >= 15 is 0 Å². The minimum Gasteiger partial charge on any atom is -0.342 e. The average molecular weight is 220 g/mol. The van der Waals surface area contributed by atoms with Gasteiger partial charge in [0.25, 0.3) is 0 Å². The Morgan fingerprint density at radius 3 is 2.69 bits per heavy atom. The van der Waals surface area contributed by atoms with Crippen LogP contribution >= 0.6 is 0 Å². The van der Waals surface area contributed by atoms with Crippen molar-refractivity contribution in [1.82, 2.24) is 9.97 Å². The van der Waals surface area contributed by atoms with Gasteiger partial charge in [0.2, 0.25) is 5.78 Å². The van der Waals surface area contributed by atoms with E-state index in [2.05, 4.69) is 9.97 Å². The number of carbonyl (C=O) groups is 1. The molecule has 0 atom stereocenters. The van der Waals surface area contributed by atoms with Gasteiger partial charge in [-0.15, -0.1) is 0 Å². The van der Waals surface area contributed by atoms with Crippen LogP contribution in [0.15, 0.2) is 36.8 Å². The van der Waals surface area contributed by atoms with Gasteiger partial charge >= 0.3 is 0 Å². The minimum absolute atomic E-state index is 0.262. The van der Waals surface area contributed by atoms with Gasteiger partial charge in [0, 0.05) is 5.56 Å². The number of ketones is 1. The summed E-state index contributed by atoms with van der Waals surface area (Å²) < 4.78 is 12.8. The van der Waals surface area contributed by atoms with Gasteiger partial charge < -0.3 is 4.98 Å². The number of halogens is 1. The lowest BCUT2D eigenvalue weighted by molar-refractivity contribution is 0.103. The summed E-state index contributed by atoms with van der Waals surface area (Å²) in [6, 6.07) is 5.55. The van der Waals surface area contributed by atoms with Crippen molar-refractivity contribution in [3.63, 3.8) is 0 Å². The quantitative estimate of drug-likeness (QED) is 0.791. The van der Waals surface area contributed by atoms with Gasteiger partial charge in [-0.1, -0.05) is 26.0 Å². The third-order valence-corrected chi connectivity index (χ3v) is 1.83. The zero-order valence-corrected chi connectivity index (χ0v) is 9.20. The molecule has 84 valence electrons. The molecule has 0 saturated carbocycles. The monoisotopic (exact) mass is 220 g/mol. The molecule has 0 spiro atoms. The molecule has 1 aromatic heterocycles. The highest BCUT2D eigenvalue weighted by atomic mass is 19.1. The Kier molecular flexibility index (Phi) is 4.39. The molecule has 2 aromatic rings. The van der Waals surface area contributed by atoms with Gasteiger partial charge in [0.15, 0.2) is 0 Å². The standard InChI is InChI=1S/C10H7FN2O.C2H6/c11-8-3-1-2-7(4-8)10(14)9-5-12-6-13-9;1-2/h1-6H,(H,12,13);1-2H3. The summed E-state index contributed by atoms with van der Waals surface area (Å²) in [6.45, 7) is 4.00. The number of benzene rings is 1. The molecule has 0 aliphatic heterocycles. The van der Waals surface area contributed by atoms with E-state index in [-0.39, 0.29) is 5.78 Å². The van der Waals surface area contributed by atoms with Crippen LogP contribution < -0.4 is 0 Å². The van der Waals surface area contributed by atoms with Crippen LogP contribution in [-0.4, -0.2) is 15.8 Å². The van der Waals surface area contributed by atoms with Crippen molar-refractivity contribution in [2.24, 2.45) is 0 Å². The van der Waals surface area contributed by atoms with Crippen molar-refractivity contribution < 1.29 is 9.18 Å². The number of imidazole rings is 1. The van der Waals surface area contributed by atoms with Crippen LogP contribution in [0.1, 0.15) is 29.9 Å². The summed E-state index contributed by atoms with van der Waals surface area (Å²) in [7, 11) is 0. The molecule has 0 aliphatic rings. The fourth-order valence-corrected chi connectivity index (χ4v) is 1.17. The lowest BCUT2D eigenvalue weighted by atomic mass is 10.1. The summed E-state index contributed by atoms with van der Waals surface area (Å²) >= 11 is 0. The van der Waals surface area contributed by atoms with E-state index in [1.807, 2.05) is 13.8 Å². The molecule has 1 aromatic carbocycles. The Labute approximate surface area is 93.3 Å². The van der Waals surface area contributed by atoms with Crippen molar-refractivity contribution in [2.45, 2.75) is 13.8 Å². The van der Waals surface area contributed by atoms with Crippen molar-refractivity contribution in [3.8, 4) is 0 Å². The number of nitrogens with zero attached hydrogens (tertiary/aromatic N) is 1. The van der Waals surface area contributed by atoms with Crippen LogP contribution in [0.3, 0.4) is 0 Å². The number of nitrogens with one attached hydrogen (secondary N) is 1. The highest BCUT2D eigenvalue weighted by Crippen LogP contribution is 2.08. The smallest absolute Gasteiger partial charge is 0.210 e. The molecule has 4 heteroatoms. The molecule has 0 aliphatic carbocycles. The summed E-state index contributed by atoms with van der Waals surface area (Å²) in [4.78, 5) is 18.0. The van der Waals surface area contributed by atoms with Crippen molar-refractivity contribution in [3.05, 3.63) is 53.9 Å². The first kappa shape index (κ1) is 12.1. The zero-order valence-electron chi connectivity index (χ0n) is 9.20. The van der Waals surface area contributed by atoms with E-state index in [0.29, 0.717) is 11.3 Å². The third-order valence-electron chi connectivity index (χ3n) is 1.83.